The molecule has 2 N–H and O–H groups in total. The fraction of sp³-hybridized carbons (Fsp3) is 0.385. The van der Waals surface area contributed by atoms with Crippen LogP contribution in [-0.2, 0) is 13.0 Å². The Balaban J connectivity index is 2.08. The molecule has 0 unspecified atom stereocenters. The maximum absolute atomic E-state index is 13.2. The lowest BCUT2D eigenvalue weighted by Crippen LogP contribution is -2.03. The van der Waals surface area contributed by atoms with E-state index in [4.69, 9.17) is 5.73 Å². The number of aryl methyl sites for hydroxylation is 2. The first kappa shape index (κ1) is 12.7. The van der Waals surface area contributed by atoms with Gasteiger partial charge in [-0.05, 0) is 49.6 Å². The van der Waals surface area contributed by atoms with Crippen LogP contribution in [0, 0.1) is 12.7 Å². The molecule has 1 aromatic heterocycles. The van der Waals surface area contributed by atoms with E-state index in [9.17, 15) is 4.39 Å². The van der Waals surface area contributed by atoms with Crippen LogP contribution >= 0.6 is 0 Å². The first-order valence-corrected chi connectivity index (χ1v) is 6.03. The molecule has 2 rings (SSSR count). The van der Waals surface area contributed by atoms with Crippen molar-refractivity contribution < 1.29 is 4.39 Å². The van der Waals surface area contributed by atoms with Crippen molar-refractivity contribution in [1.82, 2.24) is 15.0 Å². The largest absolute Gasteiger partial charge is 0.330 e. The Bertz CT molecular complexity index is 521. The smallest absolute Gasteiger partial charge is 0.123 e. The number of nitrogens with zero attached hydrogens (tertiary/aromatic N) is 3. The summed E-state index contributed by atoms with van der Waals surface area (Å²) in [5.74, 6) is -0.223. The lowest BCUT2D eigenvalue weighted by molar-refractivity contribution is 0.612. The van der Waals surface area contributed by atoms with Crippen LogP contribution in [0.4, 0.5) is 4.39 Å². The summed E-state index contributed by atoms with van der Waals surface area (Å²) in [6, 6.07) is 4.78. The molecule has 5 heteroatoms. The summed E-state index contributed by atoms with van der Waals surface area (Å²) in [5, 5.41) is 8.10. The molecule has 0 aliphatic heterocycles. The number of hydrogen-bond donors (Lipinski definition) is 1. The number of benzene rings is 1. The second kappa shape index (κ2) is 5.73. The number of hydrogen-bond acceptors (Lipinski definition) is 3. The van der Waals surface area contributed by atoms with Crippen LogP contribution in [0.25, 0.3) is 0 Å². The van der Waals surface area contributed by atoms with Crippen molar-refractivity contribution in [2.75, 3.05) is 6.54 Å². The van der Waals surface area contributed by atoms with Gasteiger partial charge in [-0.15, -0.1) is 5.10 Å². The third-order valence-electron chi connectivity index (χ3n) is 2.87. The summed E-state index contributed by atoms with van der Waals surface area (Å²) in [6.07, 6.45) is 3.62. The molecule has 0 atom stereocenters. The maximum Gasteiger partial charge on any atom is 0.123 e. The molecule has 0 aliphatic carbocycles. The molecular weight excluding hydrogens is 231 g/mol. The van der Waals surface area contributed by atoms with Gasteiger partial charge < -0.3 is 5.73 Å². The van der Waals surface area contributed by atoms with Gasteiger partial charge in [-0.25, -0.2) is 9.07 Å². The molecule has 96 valence electrons. The first-order chi connectivity index (χ1) is 8.69. The van der Waals surface area contributed by atoms with Crippen molar-refractivity contribution >= 4 is 0 Å². The highest BCUT2D eigenvalue weighted by Crippen LogP contribution is 2.11. The van der Waals surface area contributed by atoms with E-state index in [0.717, 1.165) is 29.7 Å². The highest BCUT2D eigenvalue weighted by molar-refractivity contribution is 5.26. The van der Waals surface area contributed by atoms with Crippen molar-refractivity contribution in [3.63, 3.8) is 0 Å². The second-order valence-corrected chi connectivity index (χ2v) is 4.37. The van der Waals surface area contributed by atoms with Crippen molar-refractivity contribution in [2.45, 2.75) is 26.3 Å². The third-order valence-corrected chi connectivity index (χ3v) is 2.87. The summed E-state index contributed by atoms with van der Waals surface area (Å²) < 4.78 is 14.9. The maximum atomic E-state index is 13.2. The third kappa shape index (κ3) is 3.13. The standard InChI is InChI=1S/C13H17FN4/c1-10-4-5-12(14)7-11(10)8-18-9-13(16-17-18)3-2-6-15/h4-5,7,9H,2-3,6,8,15H2,1H3. The predicted molar refractivity (Wildman–Crippen MR) is 67.6 cm³/mol. The molecule has 0 saturated carbocycles. The van der Waals surface area contributed by atoms with Crippen molar-refractivity contribution in [3.05, 3.63) is 47.0 Å². The van der Waals surface area contributed by atoms with Crippen LogP contribution in [0.15, 0.2) is 24.4 Å². The monoisotopic (exact) mass is 248 g/mol. The van der Waals surface area contributed by atoms with Gasteiger partial charge in [-0.2, -0.15) is 0 Å². The normalized spacial score (nSPS) is 10.8. The van der Waals surface area contributed by atoms with E-state index in [2.05, 4.69) is 10.3 Å². The van der Waals surface area contributed by atoms with Gasteiger partial charge in [-0.1, -0.05) is 11.3 Å². The molecular formula is C13H17FN4. The Morgan fingerprint density at radius 3 is 3.00 bits per heavy atom. The summed E-state index contributed by atoms with van der Waals surface area (Å²) in [4.78, 5) is 0. The molecule has 0 spiro atoms. The minimum atomic E-state index is -0.223. The number of aromatic nitrogens is 3. The lowest BCUT2D eigenvalue weighted by atomic mass is 10.1. The molecule has 18 heavy (non-hydrogen) atoms. The van der Waals surface area contributed by atoms with E-state index in [1.807, 2.05) is 13.1 Å². The minimum absolute atomic E-state index is 0.223. The molecule has 0 saturated heterocycles. The van der Waals surface area contributed by atoms with Crippen LogP contribution < -0.4 is 5.73 Å². The molecule has 0 fully saturated rings. The molecule has 1 aromatic carbocycles. The number of halogens is 1. The Hall–Kier alpha value is -1.75. The van der Waals surface area contributed by atoms with Crippen molar-refractivity contribution in [3.8, 4) is 0 Å². The van der Waals surface area contributed by atoms with Crippen LogP contribution in [-0.4, -0.2) is 21.5 Å². The van der Waals surface area contributed by atoms with E-state index in [-0.39, 0.29) is 5.82 Å². The zero-order chi connectivity index (χ0) is 13.0. The second-order valence-electron chi connectivity index (χ2n) is 4.37. The molecule has 0 aliphatic rings. The van der Waals surface area contributed by atoms with E-state index < -0.39 is 0 Å². The SMILES string of the molecule is Cc1ccc(F)cc1Cn1cc(CCCN)nn1. The van der Waals surface area contributed by atoms with Gasteiger partial charge in [0.05, 0.1) is 12.2 Å². The van der Waals surface area contributed by atoms with E-state index >= 15 is 0 Å². The predicted octanol–water partition coefficient (Wildman–Crippen LogP) is 1.67. The lowest BCUT2D eigenvalue weighted by Gasteiger charge is -2.05. The fourth-order valence-corrected chi connectivity index (χ4v) is 1.80. The van der Waals surface area contributed by atoms with Gasteiger partial charge in [0, 0.05) is 6.20 Å². The molecule has 0 radical (unpaired) electrons. The summed E-state index contributed by atoms with van der Waals surface area (Å²) in [7, 11) is 0. The topological polar surface area (TPSA) is 56.7 Å². The summed E-state index contributed by atoms with van der Waals surface area (Å²) >= 11 is 0. The summed E-state index contributed by atoms with van der Waals surface area (Å²) in [5.41, 5.74) is 8.34. The zero-order valence-electron chi connectivity index (χ0n) is 10.4. The first-order valence-electron chi connectivity index (χ1n) is 6.03. The molecule has 0 bridgehead atoms. The average Bonchev–Trinajstić information content (AvgIpc) is 2.79. The highest BCUT2D eigenvalue weighted by Gasteiger charge is 2.04. The zero-order valence-corrected chi connectivity index (χ0v) is 10.4. The molecule has 1 heterocycles. The quantitative estimate of drug-likeness (QED) is 0.875. The van der Waals surface area contributed by atoms with Crippen LogP contribution in [0.5, 0.6) is 0 Å². The van der Waals surface area contributed by atoms with Crippen molar-refractivity contribution in [1.29, 1.82) is 0 Å². The minimum Gasteiger partial charge on any atom is -0.330 e. The molecule has 4 nitrogen and oxygen atoms in total. The van der Waals surface area contributed by atoms with Gasteiger partial charge in [0.15, 0.2) is 0 Å². The van der Waals surface area contributed by atoms with Gasteiger partial charge >= 0.3 is 0 Å². The Morgan fingerprint density at radius 1 is 1.39 bits per heavy atom. The van der Waals surface area contributed by atoms with Crippen LogP contribution in [0.3, 0.4) is 0 Å². The van der Waals surface area contributed by atoms with Gasteiger partial charge in [-0.3, -0.25) is 0 Å². The van der Waals surface area contributed by atoms with E-state index in [0.29, 0.717) is 13.1 Å². The van der Waals surface area contributed by atoms with Crippen molar-refractivity contribution in [2.24, 2.45) is 5.73 Å². The van der Waals surface area contributed by atoms with E-state index in [1.54, 1.807) is 10.7 Å². The Kier molecular flexibility index (Phi) is 4.04. The fourth-order valence-electron chi connectivity index (χ4n) is 1.80. The van der Waals surface area contributed by atoms with Gasteiger partial charge in [0.25, 0.3) is 0 Å². The number of nitrogens with two attached hydrogens (primary N) is 1. The molecule has 0 amide bonds. The van der Waals surface area contributed by atoms with Gasteiger partial charge in [0.2, 0.25) is 0 Å². The van der Waals surface area contributed by atoms with Crippen LogP contribution in [0.2, 0.25) is 0 Å². The Labute approximate surface area is 106 Å². The highest BCUT2D eigenvalue weighted by atomic mass is 19.1. The van der Waals surface area contributed by atoms with Crippen LogP contribution in [0.1, 0.15) is 23.2 Å². The van der Waals surface area contributed by atoms with Gasteiger partial charge in [0.1, 0.15) is 5.82 Å². The number of rotatable bonds is 5. The Morgan fingerprint density at radius 2 is 2.22 bits per heavy atom. The summed E-state index contributed by atoms with van der Waals surface area (Å²) in [6.45, 7) is 3.15. The average molecular weight is 248 g/mol. The molecule has 2 aromatic rings. The van der Waals surface area contributed by atoms with E-state index in [1.165, 1.54) is 12.1 Å².